The summed E-state index contributed by atoms with van der Waals surface area (Å²) in [6, 6.07) is 16.9. The fourth-order valence-electron chi connectivity index (χ4n) is 1.91. The Kier molecular flexibility index (Phi) is 60.7. The number of carboxylic acid groups (broad SMARTS) is 5. The minimum absolute atomic E-state index is 0. The Morgan fingerprint density at radius 1 is 0.617 bits per heavy atom. The fourth-order valence-corrected chi connectivity index (χ4v) is 2.01. The van der Waals surface area contributed by atoms with Crippen molar-refractivity contribution < 1.29 is 139 Å². The molecule has 0 aliphatic rings. The van der Waals surface area contributed by atoms with Gasteiger partial charge in [0.15, 0.2) is 11.0 Å². The van der Waals surface area contributed by atoms with Crippen LogP contribution in [0, 0.1) is 13.8 Å². The molecule has 0 aromatic carbocycles. The first-order valence-electron chi connectivity index (χ1n) is 14.0. The molecule has 0 saturated heterocycles. The first kappa shape index (κ1) is 80.6. The number of carboxylic acids is 5. The molecule has 0 unspecified atom stereocenters. The van der Waals surface area contributed by atoms with Crippen molar-refractivity contribution in [1.82, 2.24) is 29.9 Å². The van der Waals surface area contributed by atoms with Gasteiger partial charge in [0.2, 0.25) is 0 Å². The van der Waals surface area contributed by atoms with Gasteiger partial charge in [-0.15, -0.1) is 33.4 Å². The van der Waals surface area contributed by atoms with Crippen LogP contribution in [0.2, 0.25) is 5.15 Å². The summed E-state index contributed by atoms with van der Waals surface area (Å²) in [5, 5.41) is 57.0. The number of alkyl halides is 2. The van der Waals surface area contributed by atoms with E-state index >= 15 is 0 Å². The van der Waals surface area contributed by atoms with E-state index in [2.05, 4.69) is 25.3 Å². The summed E-state index contributed by atoms with van der Waals surface area (Å²) in [5.74, 6) is -4.74. The number of halogens is 9. The SMILES string of the molecule is CC(=O)[O-].CC(=O)[O-].CC(=O)[O-].CC(=O)[O-].CC(=O)[O-].Cc1cc(C)n(-c2ccc(Cl)nn2)n1.ClCCl.F[P-](F)(F)(F)(F)F.[O-2].[Ru+2].[Ru+3].[Ru+3].c1ccncc1.c1ccncc1. The third-order valence-electron chi connectivity index (χ3n) is 2.98. The molecule has 0 fully saturated rings. The van der Waals surface area contributed by atoms with Crippen molar-refractivity contribution in [3.8, 4) is 5.82 Å². The molecule has 2 radical (unpaired) electrons. The zero-order valence-corrected chi connectivity index (χ0v) is 40.2. The van der Waals surface area contributed by atoms with E-state index in [0.717, 1.165) is 46.0 Å². The Bertz CT molecular complexity index is 1450. The van der Waals surface area contributed by atoms with Crippen molar-refractivity contribution in [1.29, 1.82) is 0 Å². The van der Waals surface area contributed by atoms with Gasteiger partial charge in [0.25, 0.3) is 0 Å². The molecule has 0 aliphatic carbocycles. The molecule has 0 spiro atoms. The molecule has 0 amide bonds. The number of carbonyl (C=O) groups is 5. The molecular weight excluding hydrogens is 1170 g/mol. The van der Waals surface area contributed by atoms with E-state index in [4.69, 9.17) is 84.3 Å². The van der Waals surface area contributed by atoms with Crippen LogP contribution in [0.3, 0.4) is 0 Å². The van der Waals surface area contributed by atoms with Crippen molar-refractivity contribution in [2.45, 2.75) is 48.5 Å². The van der Waals surface area contributed by atoms with Gasteiger partial charge in [-0.05, 0) is 90.9 Å². The van der Waals surface area contributed by atoms with Crippen LogP contribution in [-0.2, 0) is 87.9 Å². The number of hydrogen-bond acceptors (Lipinski definition) is 15. The quantitative estimate of drug-likeness (QED) is 0.115. The van der Waals surface area contributed by atoms with Crippen LogP contribution in [0.15, 0.2) is 79.4 Å². The molecule has 0 bridgehead atoms. The van der Waals surface area contributed by atoms with Crippen LogP contribution in [0.4, 0.5) is 25.2 Å². The van der Waals surface area contributed by atoms with E-state index < -0.39 is 37.7 Å². The summed E-state index contributed by atoms with van der Waals surface area (Å²) < 4.78 is 60.9. The molecular formula is C30H36Cl3F6N6O11PRu3. The topological polar surface area (TPSA) is 299 Å². The molecule has 4 rings (SSSR count). The van der Waals surface area contributed by atoms with Crippen molar-refractivity contribution in [2.24, 2.45) is 0 Å². The Balaban J connectivity index is -0.0000000603. The van der Waals surface area contributed by atoms with Crippen molar-refractivity contribution >= 4 is 72.5 Å². The number of carbonyl (C=O) groups excluding carboxylic acids is 5. The monoisotopic (exact) mass is 1210 g/mol. The Hall–Kier alpha value is -3.35. The van der Waals surface area contributed by atoms with Gasteiger partial charge in [0, 0.05) is 60.3 Å². The van der Waals surface area contributed by atoms with Crippen LogP contribution < -0.4 is 25.5 Å². The fraction of sp³-hybridized carbons (Fsp3) is 0.267. The van der Waals surface area contributed by atoms with Gasteiger partial charge in [-0.25, -0.2) is 4.68 Å². The Morgan fingerprint density at radius 2 is 0.867 bits per heavy atom. The molecule has 17 nitrogen and oxygen atoms in total. The second-order valence-corrected chi connectivity index (χ2v) is 11.7. The number of pyridine rings is 2. The van der Waals surface area contributed by atoms with E-state index in [0.29, 0.717) is 11.0 Å². The molecule has 0 aliphatic heterocycles. The summed E-state index contributed by atoms with van der Waals surface area (Å²) in [6.45, 7) is 8.77. The minimum Gasteiger partial charge on any atom is -2.00 e. The maximum atomic E-state index is 9.87. The standard InChI is InChI=1S/C9H9ClN4.2C5H5N.5C2H4O2.CH2Cl2.F6P.O.3Ru/c1-6-5-7(2)14(13-6)9-4-3-8(10)11-12-9;2*1-2-4-6-5-3-1;5*1-2(3)4;2-1-3;1-7(2,3,4,5)6;;;;/h3-5H,1-2H3;2*1-5H;5*1H3,(H,3,4);1H2;;;;;/q;;;;;;;;;-1;-2;+2;2*+3/p-5. The summed E-state index contributed by atoms with van der Waals surface area (Å²) >= 11 is 15.2. The Labute approximate surface area is 394 Å². The second-order valence-electron chi connectivity index (χ2n) is 8.62. The van der Waals surface area contributed by atoms with Crippen molar-refractivity contribution in [3.05, 3.63) is 95.9 Å². The molecule has 4 aromatic rings. The number of aryl methyl sites for hydroxylation is 2. The van der Waals surface area contributed by atoms with Crippen LogP contribution in [-0.4, -0.2) is 65.1 Å². The maximum absolute atomic E-state index is 10.7. The molecule has 60 heavy (non-hydrogen) atoms. The van der Waals surface area contributed by atoms with Gasteiger partial charge in [-0.3, -0.25) is 9.97 Å². The minimum atomic E-state index is -10.7. The number of nitrogens with zero attached hydrogens (tertiary/aromatic N) is 6. The van der Waals surface area contributed by atoms with Crippen LogP contribution in [0.25, 0.3) is 5.82 Å². The molecule has 0 N–H and O–H groups in total. The summed E-state index contributed by atoms with van der Waals surface area (Å²) in [6.07, 6.45) is 7.00. The van der Waals surface area contributed by atoms with Crippen LogP contribution >= 0.6 is 42.6 Å². The van der Waals surface area contributed by atoms with E-state index in [1.165, 1.54) is 0 Å². The zero-order chi connectivity index (χ0) is 45.6. The number of hydrogen-bond donors (Lipinski definition) is 0. The van der Waals surface area contributed by atoms with Crippen LogP contribution in [0.1, 0.15) is 46.0 Å². The Morgan fingerprint density at radius 3 is 1.00 bits per heavy atom. The normalized spacial score (nSPS) is 9.13. The zero-order valence-electron chi connectivity index (χ0n) is 31.8. The summed E-state index contributed by atoms with van der Waals surface area (Å²) in [7, 11) is -10.7. The molecule has 30 heteroatoms. The van der Waals surface area contributed by atoms with Crippen molar-refractivity contribution in [2.75, 3.05) is 5.34 Å². The largest absolute Gasteiger partial charge is 3.00 e. The summed E-state index contributed by atoms with van der Waals surface area (Å²) in [5.41, 5.74) is 1.98. The third kappa shape index (κ3) is 131. The predicted octanol–water partition coefficient (Wildman–Crippen LogP) is 2.55. The first-order chi connectivity index (χ1) is 25.2. The van der Waals surface area contributed by atoms with Crippen molar-refractivity contribution in [3.63, 3.8) is 0 Å². The van der Waals surface area contributed by atoms with E-state index in [1.54, 1.807) is 41.6 Å². The molecule has 344 valence electrons. The molecule has 4 aromatic heterocycles. The third-order valence-corrected chi connectivity index (χ3v) is 3.18. The van der Waals surface area contributed by atoms with Gasteiger partial charge in [-0.1, -0.05) is 23.7 Å². The molecule has 4 heterocycles. The summed E-state index contributed by atoms with van der Waals surface area (Å²) in [4.78, 5) is 52.0. The second kappa shape index (κ2) is 45.2. The van der Waals surface area contributed by atoms with Gasteiger partial charge in [0.05, 0.1) is 11.0 Å². The predicted molar refractivity (Wildman–Crippen MR) is 186 cm³/mol. The van der Waals surface area contributed by atoms with E-state index in [-0.39, 0.29) is 69.2 Å². The average Bonchev–Trinajstić information content (AvgIpc) is 3.35. The molecule has 0 saturated carbocycles. The van der Waals surface area contributed by atoms with E-state index in [9.17, 15) is 25.2 Å². The number of aromatic nitrogens is 6. The average molecular weight is 1210 g/mol. The number of aliphatic carboxylic acids is 5. The molecule has 0 atom stereocenters. The van der Waals surface area contributed by atoms with Gasteiger partial charge < -0.3 is 55.0 Å². The maximum Gasteiger partial charge on any atom is 3.00 e. The van der Waals surface area contributed by atoms with Gasteiger partial charge >= 0.3 is 91.4 Å². The van der Waals surface area contributed by atoms with Crippen LogP contribution in [0.5, 0.6) is 0 Å². The number of rotatable bonds is 1. The van der Waals surface area contributed by atoms with E-state index in [1.807, 2.05) is 56.3 Å². The smallest absolute Gasteiger partial charge is 2.00 e. The van der Waals surface area contributed by atoms with Gasteiger partial charge in [0.1, 0.15) is 0 Å². The van der Waals surface area contributed by atoms with Gasteiger partial charge in [-0.2, -0.15) is 5.10 Å². The first-order valence-corrected chi connectivity index (χ1v) is 17.5.